The number of benzene rings is 1. The average molecular weight is 258 g/mol. The van der Waals surface area contributed by atoms with Crippen molar-refractivity contribution in [2.45, 2.75) is 19.4 Å². The molecule has 4 N–H and O–H groups in total. The molecule has 0 saturated heterocycles. The Morgan fingerprint density at radius 2 is 2.26 bits per heavy atom. The predicted molar refractivity (Wildman–Crippen MR) is 73.7 cm³/mol. The highest BCUT2D eigenvalue weighted by Gasteiger charge is 2.15. The van der Waals surface area contributed by atoms with E-state index in [-0.39, 0.29) is 11.9 Å². The smallest absolute Gasteiger partial charge is 0.252 e. The Kier molecular flexibility index (Phi) is 4.30. The second-order valence-electron chi connectivity index (χ2n) is 4.37. The lowest BCUT2D eigenvalue weighted by Crippen LogP contribution is -2.28. The molecule has 19 heavy (non-hydrogen) atoms. The lowest BCUT2D eigenvalue weighted by Gasteiger charge is -2.13. The zero-order chi connectivity index (χ0) is 13.7. The summed E-state index contributed by atoms with van der Waals surface area (Å²) in [4.78, 5) is 19.4. The zero-order valence-electron chi connectivity index (χ0n) is 10.9. The summed E-state index contributed by atoms with van der Waals surface area (Å²) < 4.78 is 0. The fraction of sp³-hybridized carbons (Fsp3) is 0.286. The van der Waals surface area contributed by atoms with E-state index in [1.165, 1.54) is 0 Å². The molecule has 1 amide bonds. The van der Waals surface area contributed by atoms with E-state index in [1.807, 2.05) is 31.2 Å². The molecule has 5 nitrogen and oxygen atoms in total. The number of carbonyl (C=O) groups excluding carboxylic acids is 1. The van der Waals surface area contributed by atoms with Crippen LogP contribution in [0.4, 0.5) is 0 Å². The summed E-state index contributed by atoms with van der Waals surface area (Å²) in [7, 11) is 0. The number of amides is 1. The van der Waals surface area contributed by atoms with Crippen LogP contribution in [0.5, 0.6) is 0 Å². The summed E-state index contributed by atoms with van der Waals surface area (Å²) in [5.74, 6) is 0.637. The fourth-order valence-corrected chi connectivity index (χ4v) is 1.97. The maximum absolute atomic E-state index is 12.3. The molecule has 1 unspecified atom stereocenters. The molecule has 2 rings (SSSR count). The maximum Gasteiger partial charge on any atom is 0.252 e. The lowest BCUT2D eigenvalue weighted by molar-refractivity contribution is 0.0937. The van der Waals surface area contributed by atoms with E-state index >= 15 is 0 Å². The van der Waals surface area contributed by atoms with Crippen LogP contribution in [0.25, 0.3) is 0 Å². The third-order valence-corrected chi connectivity index (χ3v) is 2.95. The van der Waals surface area contributed by atoms with Crippen LogP contribution >= 0.6 is 0 Å². The summed E-state index contributed by atoms with van der Waals surface area (Å²) in [6.45, 7) is 2.42. The fourth-order valence-electron chi connectivity index (χ4n) is 1.97. The first-order chi connectivity index (χ1) is 9.22. The van der Waals surface area contributed by atoms with Crippen molar-refractivity contribution in [3.63, 3.8) is 0 Å². The van der Waals surface area contributed by atoms with E-state index in [2.05, 4.69) is 15.3 Å². The number of aromatic nitrogens is 2. The number of imidazole rings is 1. The van der Waals surface area contributed by atoms with Crippen molar-refractivity contribution in [1.82, 2.24) is 15.3 Å². The van der Waals surface area contributed by atoms with Gasteiger partial charge in [-0.25, -0.2) is 4.98 Å². The van der Waals surface area contributed by atoms with Crippen molar-refractivity contribution in [3.8, 4) is 0 Å². The van der Waals surface area contributed by atoms with Gasteiger partial charge in [0.2, 0.25) is 0 Å². The number of hydrogen-bond acceptors (Lipinski definition) is 3. The molecule has 1 atom stereocenters. The minimum atomic E-state index is -0.159. The number of nitrogens with zero attached hydrogens (tertiary/aromatic N) is 1. The molecule has 5 heteroatoms. The monoisotopic (exact) mass is 258 g/mol. The van der Waals surface area contributed by atoms with Crippen molar-refractivity contribution >= 4 is 5.91 Å². The van der Waals surface area contributed by atoms with Crippen molar-refractivity contribution in [1.29, 1.82) is 0 Å². The molecule has 1 aromatic carbocycles. The predicted octanol–water partition coefficient (Wildman–Crippen LogP) is 1.40. The highest BCUT2D eigenvalue weighted by atomic mass is 16.1. The molecule has 0 saturated carbocycles. The average Bonchev–Trinajstić information content (AvgIpc) is 2.93. The topological polar surface area (TPSA) is 83.8 Å². The quantitative estimate of drug-likeness (QED) is 0.758. The molecule has 1 aromatic heterocycles. The van der Waals surface area contributed by atoms with Gasteiger partial charge in [0.15, 0.2) is 0 Å². The Morgan fingerprint density at radius 1 is 1.47 bits per heavy atom. The van der Waals surface area contributed by atoms with Crippen LogP contribution in [0.2, 0.25) is 0 Å². The van der Waals surface area contributed by atoms with Crippen LogP contribution in [0.3, 0.4) is 0 Å². The Bertz CT molecular complexity index is 536. The first-order valence-electron chi connectivity index (χ1n) is 6.30. The number of carbonyl (C=O) groups is 1. The van der Waals surface area contributed by atoms with Gasteiger partial charge in [0.25, 0.3) is 5.91 Å². The second-order valence-corrected chi connectivity index (χ2v) is 4.37. The van der Waals surface area contributed by atoms with Crippen LogP contribution in [-0.4, -0.2) is 22.4 Å². The van der Waals surface area contributed by atoms with E-state index in [9.17, 15) is 4.79 Å². The molecular formula is C14H18N4O. The van der Waals surface area contributed by atoms with E-state index in [1.54, 1.807) is 12.4 Å². The number of aromatic amines is 1. The molecule has 1 heterocycles. The van der Waals surface area contributed by atoms with Crippen molar-refractivity contribution in [2.75, 3.05) is 6.54 Å². The largest absolute Gasteiger partial charge is 0.347 e. The van der Waals surface area contributed by atoms with Gasteiger partial charge in [0, 0.05) is 18.0 Å². The van der Waals surface area contributed by atoms with Crippen LogP contribution in [-0.2, 0) is 6.42 Å². The standard InChI is InChI=1S/C14H18N4O/c1-10(13-16-8-9-17-13)18-14(19)12-5-3-2-4-11(12)6-7-15/h2-5,8-10H,6-7,15H2,1H3,(H,16,17)(H,18,19). The molecule has 100 valence electrons. The molecule has 0 aliphatic carbocycles. The third kappa shape index (κ3) is 3.20. The molecular weight excluding hydrogens is 240 g/mol. The van der Waals surface area contributed by atoms with Crippen molar-refractivity contribution in [3.05, 3.63) is 53.6 Å². The Hall–Kier alpha value is -2.14. The van der Waals surface area contributed by atoms with Gasteiger partial charge in [-0.05, 0) is 31.5 Å². The molecule has 0 fully saturated rings. The van der Waals surface area contributed by atoms with E-state index in [0.717, 1.165) is 11.4 Å². The summed E-state index contributed by atoms with van der Waals surface area (Å²) in [5, 5.41) is 2.92. The third-order valence-electron chi connectivity index (χ3n) is 2.95. The number of nitrogens with two attached hydrogens (primary N) is 1. The van der Waals surface area contributed by atoms with E-state index < -0.39 is 0 Å². The Morgan fingerprint density at radius 3 is 2.95 bits per heavy atom. The van der Waals surface area contributed by atoms with E-state index in [0.29, 0.717) is 18.5 Å². The van der Waals surface area contributed by atoms with Gasteiger partial charge < -0.3 is 16.0 Å². The van der Waals surface area contributed by atoms with E-state index in [4.69, 9.17) is 5.73 Å². The number of hydrogen-bond donors (Lipinski definition) is 3. The normalized spacial score (nSPS) is 12.1. The van der Waals surface area contributed by atoms with Crippen LogP contribution in [0, 0.1) is 0 Å². The SMILES string of the molecule is CC(NC(=O)c1ccccc1CCN)c1ncc[nH]1. The summed E-state index contributed by atoms with van der Waals surface area (Å²) in [6, 6.07) is 7.35. The Balaban J connectivity index is 2.11. The highest BCUT2D eigenvalue weighted by molar-refractivity contribution is 5.95. The van der Waals surface area contributed by atoms with Gasteiger partial charge in [-0.15, -0.1) is 0 Å². The molecule has 0 radical (unpaired) electrons. The first kappa shape index (κ1) is 13.3. The molecule has 0 aliphatic rings. The molecule has 0 bridgehead atoms. The van der Waals surface area contributed by atoms with Crippen LogP contribution in [0.1, 0.15) is 34.7 Å². The molecule has 0 spiro atoms. The van der Waals surface area contributed by atoms with Crippen molar-refractivity contribution < 1.29 is 4.79 Å². The zero-order valence-corrected chi connectivity index (χ0v) is 10.9. The minimum absolute atomic E-state index is 0.104. The minimum Gasteiger partial charge on any atom is -0.347 e. The lowest BCUT2D eigenvalue weighted by atomic mass is 10.0. The van der Waals surface area contributed by atoms with Crippen LogP contribution in [0.15, 0.2) is 36.7 Å². The number of nitrogens with one attached hydrogen (secondary N) is 2. The molecule has 2 aromatic rings. The number of rotatable bonds is 5. The highest BCUT2D eigenvalue weighted by Crippen LogP contribution is 2.12. The number of H-pyrrole nitrogens is 1. The van der Waals surface area contributed by atoms with Gasteiger partial charge in [-0.3, -0.25) is 4.79 Å². The summed E-state index contributed by atoms with van der Waals surface area (Å²) in [5.41, 5.74) is 7.20. The second kappa shape index (κ2) is 6.15. The van der Waals surface area contributed by atoms with Crippen molar-refractivity contribution in [2.24, 2.45) is 5.73 Å². The van der Waals surface area contributed by atoms with Gasteiger partial charge in [0.1, 0.15) is 5.82 Å². The summed E-state index contributed by atoms with van der Waals surface area (Å²) in [6.07, 6.45) is 4.10. The van der Waals surface area contributed by atoms with Gasteiger partial charge >= 0.3 is 0 Å². The first-order valence-corrected chi connectivity index (χ1v) is 6.30. The molecule has 0 aliphatic heterocycles. The van der Waals surface area contributed by atoms with Gasteiger partial charge in [-0.1, -0.05) is 18.2 Å². The Labute approximate surface area is 112 Å². The van der Waals surface area contributed by atoms with Crippen LogP contribution < -0.4 is 11.1 Å². The maximum atomic E-state index is 12.3. The summed E-state index contributed by atoms with van der Waals surface area (Å²) >= 11 is 0. The van der Waals surface area contributed by atoms with Gasteiger partial charge in [-0.2, -0.15) is 0 Å². The van der Waals surface area contributed by atoms with Gasteiger partial charge in [0.05, 0.1) is 6.04 Å².